The Kier molecular flexibility index (Phi) is 2.77. The molecule has 0 aliphatic carbocycles. The van der Waals surface area contributed by atoms with E-state index in [-0.39, 0.29) is 5.91 Å². The lowest BCUT2D eigenvalue weighted by atomic mass is 10.0. The molecule has 18 heavy (non-hydrogen) atoms. The lowest BCUT2D eigenvalue weighted by Crippen LogP contribution is -2.31. The summed E-state index contributed by atoms with van der Waals surface area (Å²) in [5.74, 6) is 1.26. The summed E-state index contributed by atoms with van der Waals surface area (Å²) in [5, 5.41) is 0. The van der Waals surface area contributed by atoms with Gasteiger partial charge in [0.05, 0.1) is 6.54 Å². The molecular weight excluding hydrogens is 234 g/mol. The van der Waals surface area contributed by atoms with E-state index in [4.69, 9.17) is 4.74 Å². The number of imide groups is 1. The molecule has 0 spiro atoms. The van der Waals surface area contributed by atoms with Crippen molar-refractivity contribution < 1.29 is 14.3 Å². The third-order valence-corrected chi connectivity index (χ3v) is 3.60. The van der Waals surface area contributed by atoms with Gasteiger partial charge in [-0.2, -0.15) is 0 Å². The number of aryl methyl sites for hydroxylation is 1. The highest BCUT2D eigenvalue weighted by Crippen LogP contribution is 2.30. The van der Waals surface area contributed by atoms with Gasteiger partial charge in [-0.25, -0.2) is 14.7 Å². The Morgan fingerprint density at radius 3 is 3.17 bits per heavy atom. The topological polar surface area (TPSA) is 64.4 Å². The van der Waals surface area contributed by atoms with Crippen LogP contribution >= 0.6 is 0 Å². The van der Waals surface area contributed by atoms with Crippen LogP contribution in [0, 0.1) is 0 Å². The number of ether oxygens (including phenoxy) is 1. The van der Waals surface area contributed by atoms with E-state index in [1.54, 1.807) is 6.20 Å². The van der Waals surface area contributed by atoms with E-state index < -0.39 is 6.09 Å². The molecule has 0 N–H and O–H groups in total. The minimum atomic E-state index is -0.507. The number of cyclic esters (lactones) is 1. The highest BCUT2D eigenvalue weighted by Gasteiger charge is 2.30. The zero-order valence-electron chi connectivity index (χ0n) is 10.0. The summed E-state index contributed by atoms with van der Waals surface area (Å²) < 4.78 is 6.88. The lowest BCUT2D eigenvalue weighted by molar-refractivity contribution is -0.127. The smallest absolute Gasteiger partial charge is 0.416 e. The molecule has 3 heterocycles. The Morgan fingerprint density at radius 2 is 2.39 bits per heavy atom. The lowest BCUT2D eigenvalue weighted by Gasteiger charge is -2.12. The molecule has 1 fully saturated rings. The van der Waals surface area contributed by atoms with Gasteiger partial charge in [-0.15, -0.1) is 0 Å². The Balaban J connectivity index is 1.56. The molecule has 0 radical (unpaired) electrons. The summed E-state index contributed by atoms with van der Waals surface area (Å²) in [4.78, 5) is 28.6. The summed E-state index contributed by atoms with van der Waals surface area (Å²) >= 11 is 0. The van der Waals surface area contributed by atoms with Crippen LogP contribution in [-0.4, -0.2) is 39.6 Å². The molecule has 2 aliphatic rings. The van der Waals surface area contributed by atoms with Crippen LogP contribution < -0.4 is 0 Å². The number of fused-ring (bicyclic) bond motifs is 1. The van der Waals surface area contributed by atoms with E-state index in [1.165, 1.54) is 4.90 Å². The van der Waals surface area contributed by atoms with Crippen LogP contribution in [0.15, 0.2) is 12.4 Å². The first-order valence-corrected chi connectivity index (χ1v) is 6.24. The number of aromatic nitrogens is 2. The maximum Gasteiger partial charge on any atom is 0.416 e. The van der Waals surface area contributed by atoms with Crippen molar-refractivity contribution in [2.45, 2.75) is 31.7 Å². The molecule has 0 aromatic carbocycles. The van der Waals surface area contributed by atoms with Crippen molar-refractivity contribution in [3.05, 3.63) is 18.2 Å². The average molecular weight is 249 g/mol. The second-order valence-corrected chi connectivity index (χ2v) is 4.66. The number of amides is 2. The number of rotatable bonds is 3. The van der Waals surface area contributed by atoms with Crippen molar-refractivity contribution in [3.8, 4) is 0 Å². The molecule has 6 nitrogen and oxygen atoms in total. The number of hydrogen-bond acceptors (Lipinski definition) is 4. The summed E-state index contributed by atoms with van der Waals surface area (Å²) in [6.45, 7) is 1.68. The van der Waals surface area contributed by atoms with E-state index >= 15 is 0 Å². The van der Waals surface area contributed by atoms with Gasteiger partial charge < -0.3 is 9.30 Å². The fraction of sp³-hybridized carbons (Fsp3) is 0.583. The molecule has 6 heteroatoms. The first kappa shape index (κ1) is 11.3. The van der Waals surface area contributed by atoms with Crippen LogP contribution in [0.1, 0.15) is 31.0 Å². The Bertz CT molecular complexity index is 483. The molecular formula is C12H15N3O3. The van der Waals surface area contributed by atoms with E-state index in [9.17, 15) is 9.59 Å². The van der Waals surface area contributed by atoms with Gasteiger partial charge in [-0.05, 0) is 12.8 Å². The van der Waals surface area contributed by atoms with Crippen molar-refractivity contribution >= 4 is 12.0 Å². The summed E-state index contributed by atoms with van der Waals surface area (Å²) in [7, 11) is 0. The quantitative estimate of drug-likeness (QED) is 0.805. The zero-order chi connectivity index (χ0) is 12.5. The van der Waals surface area contributed by atoms with E-state index in [1.807, 2.05) is 6.20 Å². The maximum absolute atomic E-state index is 11.9. The van der Waals surface area contributed by atoms with Crippen LogP contribution in [0.2, 0.25) is 0 Å². The van der Waals surface area contributed by atoms with Gasteiger partial charge in [0.1, 0.15) is 12.4 Å². The van der Waals surface area contributed by atoms with Gasteiger partial charge in [-0.3, -0.25) is 4.79 Å². The van der Waals surface area contributed by atoms with Gasteiger partial charge in [0, 0.05) is 31.3 Å². The van der Waals surface area contributed by atoms with Gasteiger partial charge in [0.15, 0.2) is 0 Å². The zero-order valence-corrected chi connectivity index (χ0v) is 10.0. The van der Waals surface area contributed by atoms with Crippen molar-refractivity contribution in [3.63, 3.8) is 0 Å². The third kappa shape index (κ3) is 1.87. The number of carbonyl (C=O) groups excluding carboxylic acids is 2. The largest absolute Gasteiger partial charge is 0.447 e. The molecule has 1 aromatic rings. The first-order valence-electron chi connectivity index (χ1n) is 6.24. The second-order valence-electron chi connectivity index (χ2n) is 4.66. The number of imidazole rings is 1. The van der Waals surface area contributed by atoms with Gasteiger partial charge in [-0.1, -0.05) is 0 Å². The van der Waals surface area contributed by atoms with Crippen LogP contribution in [0.25, 0.3) is 0 Å². The maximum atomic E-state index is 11.9. The minimum absolute atomic E-state index is 0.137. The normalized spacial score (nSPS) is 22.1. The molecule has 1 aromatic heterocycles. The third-order valence-electron chi connectivity index (χ3n) is 3.60. The van der Waals surface area contributed by atoms with Gasteiger partial charge in [0.2, 0.25) is 5.91 Å². The van der Waals surface area contributed by atoms with Crippen molar-refractivity contribution in [1.29, 1.82) is 0 Å². The minimum Gasteiger partial charge on any atom is -0.447 e. The Labute approximate surface area is 105 Å². The average Bonchev–Trinajstić information content (AvgIpc) is 3.02. The van der Waals surface area contributed by atoms with E-state index in [0.717, 1.165) is 25.2 Å². The monoisotopic (exact) mass is 249 g/mol. The predicted octanol–water partition coefficient (Wildman–Crippen LogP) is 1.13. The Morgan fingerprint density at radius 1 is 1.50 bits per heavy atom. The molecule has 0 bridgehead atoms. The second kappa shape index (κ2) is 4.44. The fourth-order valence-electron chi connectivity index (χ4n) is 2.62. The standard InChI is InChI=1S/C12H15N3O3/c16-10(15-7-8-18-12(15)17)2-1-9-3-5-14-6-4-13-11(9)14/h4,6,9H,1-3,5,7-8H2. The SMILES string of the molecule is O=C(CCC1CCn2ccnc21)N1CCOC1=O. The molecule has 1 atom stereocenters. The molecule has 1 unspecified atom stereocenters. The summed E-state index contributed by atoms with van der Waals surface area (Å²) in [6, 6.07) is 0. The van der Waals surface area contributed by atoms with E-state index in [2.05, 4.69) is 9.55 Å². The van der Waals surface area contributed by atoms with Gasteiger partial charge in [0.25, 0.3) is 0 Å². The molecule has 0 saturated carbocycles. The molecule has 3 rings (SSSR count). The van der Waals surface area contributed by atoms with E-state index in [0.29, 0.717) is 25.5 Å². The first-order chi connectivity index (χ1) is 8.75. The number of nitrogens with zero attached hydrogens (tertiary/aromatic N) is 3. The van der Waals surface area contributed by atoms with Crippen LogP contribution in [-0.2, 0) is 16.1 Å². The van der Waals surface area contributed by atoms with Gasteiger partial charge >= 0.3 is 6.09 Å². The summed E-state index contributed by atoms with van der Waals surface area (Å²) in [6.07, 6.45) is 5.41. The molecule has 2 amide bonds. The molecule has 96 valence electrons. The van der Waals surface area contributed by atoms with Crippen LogP contribution in [0.4, 0.5) is 4.79 Å². The summed E-state index contributed by atoms with van der Waals surface area (Å²) in [5.41, 5.74) is 0. The fourth-order valence-corrected chi connectivity index (χ4v) is 2.62. The number of hydrogen-bond donors (Lipinski definition) is 0. The predicted molar refractivity (Wildman–Crippen MR) is 61.9 cm³/mol. The van der Waals surface area contributed by atoms with Crippen molar-refractivity contribution in [1.82, 2.24) is 14.5 Å². The van der Waals surface area contributed by atoms with Crippen molar-refractivity contribution in [2.75, 3.05) is 13.2 Å². The Hall–Kier alpha value is -1.85. The number of carbonyl (C=O) groups is 2. The van der Waals surface area contributed by atoms with Crippen LogP contribution in [0.5, 0.6) is 0 Å². The highest BCUT2D eigenvalue weighted by atomic mass is 16.6. The van der Waals surface area contributed by atoms with Crippen LogP contribution in [0.3, 0.4) is 0 Å². The molecule has 2 aliphatic heterocycles. The molecule has 1 saturated heterocycles. The highest BCUT2D eigenvalue weighted by molar-refractivity contribution is 5.92. The van der Waals surface area contributed by atoms with Crippen molar-refractivity contribution in [2.24, 2.45) is 0 Å².